The van der Waals surface area contributed by atoms with Crippen LogP contribution in [0.4, 0.5) is 5.13 Å². The third-order valence-corrected chi connectivity index (χ3v) is 6.19. The van der Waals surface area contributed by atoms with Crippen molar-refractivity contribution < 1.29 is 14.3 Å². The first-order chi connectivity index (χ1) is 13.9. The van der Waals surface area contributed by atoms with Crippen LogP contribution in [0.2, 0.25) is 5.02 Å². The molecule has 0 spiro atoms. The van der Waals surface area contributed by atoms with Crippen LogP contribution in [-0.2, 0) is 13.0 Å². The Kier molecular flexibility index (Phi) is 7.38. The minimum absolute atomic E-state index is 0.266. The summed E-state index contributed by atoms with van der Waals surface area (Å²) in [5, 5.41) is 3.87. The summed E-state index contributed by atoms with van der Waals surface area (Å²) in [7, 11) is 1.54. The number of fused-ring (bicyclic) bond motifs is 1. The molecule has 8 heteroatoms. The fourth-order valence-corrected chi connectivity index (χ4v) is 4.44. The van der Waals surface area contributed by atoms with Crippen molar-refractivity contribution in [2.75, 3.05) is 32.1 Å². The third kappa shape index (κ3) is 5.41. The first kappa shape index (κ1) is 21.9. The fourth-order valence-electron chi connectivity index (χ4n) is 3.13. The lowest BCUT2D eigenvalue weighted by Gasteiger charge is -2.23. The van der Waals surface area contributed by atoms with E-state index < -0.39 is 0 Å². The molecule has 1 aromatic carbocycles. The predicted octanol–water partition coefficient (Wildman–Crippen LogP) is 4.86. The number of carbonyl (C=O) groups is 1. The van der Waals surface area contributed by atoms with Crippen LogP contribution in [0.25, 0.3) is 0 Å². The van der Waals surface area contributed by atoms with E-state index in [0.29, 0.717) is 39.7 Å². The zero-order valence-corrected chi connectivity index (χ0v) is 19.0. The number of hydrogen-bond acceptors (Lipinski definition) is 6. The van der Waals surface area contributed by atoms with E-state index in [1.807, 2.05) is 0 Å². The molecule has 0 fully saturated rings. The predicted molar refractivity (Wildman–Crippen MR) is 118 cm³/mol. The standard InChI is InChI=1S/C21H28ClN3O3S/c1-5-25-8-6-16-18(12-25)29-21(23-16)24-20(26)14-10-15(22)19(17(11-14)27-4)28-9-7-13(2)3/h10-11,13H,5-9,12H2,1-4H3,(H,23,24,26). The second-order valence-electron chi connectivity index (χ2n) is 7.48. The Morgan fingerprint density at radius 2 is 2.21 bits per heavy atom. The monoisotopic (exact) mass is 437 g/mol. The molecule has 0 saturated heterocycles. The maximum atomic E-state index is 12.8. The summed E-state index contributed by atoms with van der Waals surface area (Å²) in [5.41, 5.74) is 1.49. The van der Waals surface area contributed by atoms with Gasteiger partial charge in [-0.2, -0.15) is 0 Å². The van der Waals surface area contributed by atoms with Gasteiger partial charge in [-0.15, -0.1) is 11.3 Å². The van der Waals surface area contributed by atoms with Gasteiger partial charge in [0.25, 0.3) is 5.91 Å². The van der Waals surface area contributed by atoms with E-state index in [-0.39, 0.29) is 5.91 Å². The summed E-state index contributed by atoms with van der Waals surface area (Å²) in [6.45, 7) is 9.87. The summed E-state index contributed by atoms with van der Waals surface area (Å²) in [5.74, 6) is 1.18. The third-order valence-electron chi connectivity index (χ3n) is 4.91. The number of benzene rings is 1. The van der Waals surface area contributed by atoms with Crippen LogP contribution in [0.3, 0.4) is 0 Å². The molecule has 6 nitrogen and oxygen atoms in total. The molecular formula is C21H28ClN3O3S. The zero-order valence-electron chi connectivity index (χ0n) is 17.4. The van der Waals surface area contributed by atoms with Gasteiger partial charge in [0.05, 0.1) is 24.4 Å². The summed E-state index contributed by atoms with van der Waals surface area (Å²) in [6, 6.07) is 3.26. The Morgan fingerprint density at radius 3 is 2.90 bits per heavy atom. The van der Waals surface area contributed by atoms with Crippen LogP contribution < -0.4 is 14.8 Å². The zero-order chi connectivity index (χ0) is 21.0. The van der Waals surface area contributed by atoms with Gasteiger partial charge in [0.15, 0.2) is 16.6 Å². The highest BCUT2D eigenvalue weighted by Crippen LogP contribution is 2.37. The van der Waals surface area contributed by atoms with Gasteiger partial charge in [0.1, 0.15) is 0 Å². The average molecular weight is 438 g/mol. The number of ether oxygens (including phenoxy) is 2. The molecule has 0 atom stereocenters. The molecule has 2 heterocycles. The Labute approximate surface area is 181 Å². The van der Waals surface area contributed by atoms with E-state index >= 15 is 0 Å². The van der Waals surface area contributed by atoms with Crippen molar-refractivity contribution in [3.8, 4) is 11.5 Å². The van der Waals surface area contributed by atoms with E-state index in [9.17, 15) is 4.79 Å². The van der Waals surface area contributed by atoms with Gasteiger partial charge in [-0.05, 0) is 31.0 Å². The van der Waals surface area contributed by atoms with E-state index in [4.69, 9.17) is 21.1 Å². The van der Waals surface area contributed by atoms with Crippen LogP contribution in [0.1, 0.15) is 48.1 Å². The largest absolute Gasteiger partial charge is 0.493 e. The first-order valence-electron chi connectivity index (χ1n) is 9.93. The number of methoxy groups -OCH3 is 1. The summed E-state index contributed by atoms with van der Waals surface area (Å²) < 4.78 is 11.2. The molecule has 0 unspecified atom stereocenters. The van der Waals surface area contributed by atoms with Gasteiger partial charge >= 0.3 is 0 Å². The molecule has 2 aromatic rings. The van der Waals surface area contributed by atoms with Crippen LogP contribution in [0, 0.1) is 5.92 Å². The van der Waals surface area contributed by atoms with Crippen LogP contribution in [-0.4, -0.2) is 42.6 Å². The quantitative estimate of drug-likeness (QED) is 0.638. The number of halogens is 1. The van der Waals surface area contributed by atoms with Crippen molar-refractivity contribution in [2.45, 2.75) is 40.2 Å². The number of hydrogen-bond donors (Lipinski definition) is 1. The van der Waals surface area contributed by atoms with Gasteiger partial charge in [0, 0.05) is 30.0 Å². The molecule has 1 aliphatic heterocycles. The van der Waals surface area contributed by atoms with Crippen LogP contribution in [0.15, 0.2) is 12.1 Å². The van der Waals surface area contributed by atoms with Crippen molar-refractivity contribution in [3.05, 3.63) is 33.3 Å². The lowest BCUT2D eigenvalue weighted by molar-refractivity contribution is 0.102. The van der Waals surface area contributed by atoms with Gasteiger partial charge in [-0.1, -0.05) is 32.4 Å². The van der Waals surface area contributed by atoms with Crippen LogP contribution in [0.5, 0.6) is 11.5 Å². The number of thiazole rings is 1. The maximum Gasteiger partial charge on any atom is 0.257 e. The van der Waals surface area contributed by atoms with Gasteiger partial charge in [0.2, 0.25) is 0 Å². The number of rotatable bonds is 8. The number of aromatic nitrogens is 1. The molecule has 0 radical (unpaired) electrons. The van der Waals surface area contributed by atoms with Crippen LogP contribution >= 0.6 is 22.9 Å². The van der Waals surface area contributed by atoms with E-state index in [1.54, 1.807) is 12.1 Å². The molecule has 0 bridgehead atoms. The summed E-state index contributed by atoms with van der Waals surface area (Å²) >= 11 is 7.92. The smallest absolute Gasteiger partial charge is 0.257 e. The van der Waals surface area contributed by atoms with Crippen molar-refractivity contribution in [3.63, 3.8) is 0 Å². The average Bonchev–Trinajstić information content (AvgIpc) is 3.09. The number of nitrogens with one attached hydrogen (secondary N) is 1. The lowest BCUT2D eigenvalue weighted by Crippen LogP contribution is -2.29. The minimum atomic E-state index is -0.266. The van der Waals surface area contributed by atoms with E-state index in [1.165, 1.54) is 23.3 Å². The molecule has 158 valence electrons. The Hall–Kier alpha value is -1.83. The number of anilines is 1. The molecule has 3 rings (SSSR count). The number of nitrogens with zero attached hydrogens (tertiary/aromatic N) is 2. The number of amides is 1. The van der Waals surface area contributed by atoms with E-state index in [0.717, 1.165) is 38.2 Å². The van der Waals surface area contributed by atoms with Gasteiger partial charge in [-0.3, -0.25) is 15.0 Å². The number of carbonyl (C=O) groups excluding carboxylic acids is 1. The Balaban J connectivity index is 1.72. The topological polar surface area (TPSA) is 63.7 Å². The molecule has 1 aliphatic rings. The fraction of sp³-hybridized carbons (Fsp3) is 0.524. The Bertz CT molecular complexity index is 869. The van der Waals surface area contributed by atoms with Crippen molar-refractivity contribution >= 4 is 34.0 Å². The summed E-state index contributed by atoms with van der Waals surface area (Å²) in [4.78, 5) is 21.0. The number of likely N-dealkylation sites (N-methyl/N-ethyl adjacent to an activating group) is 1. The molecule has 1 N–H and O–H groups in total. The summed E-state index contributed by atoms with van der Waals surface area (Å²) in [6.07, 6.45) is 1.82. The molecule has 1 amide bonds. The molecule has 0 aliphatic carbocycles. The SMILES string of the molecule is CCN1CCc2nc(NC(=O)c3cc(Cl)c(OCCC(C)C)c(OC)c3)sc2C1. The molecular weight excluding hydrogens is 410 g/mol. The van der Waals surface area contributed by atoms with Crippen molar-refractivity contribution in [1.82, 2.24) is 9.88 Å². The Morgan fingerprint density at radius 1 is 1.41 bits per heavy atom. The maximum absolute atomic E-state index is 12.8. The highest BCUT2D eigenvalue weighted by Gasteiger charge is 2.22. The normalized spacial score (nSPS) is 14.0. The highest BCUT2D eigenvalue weighted by molar-refractivity contribution is 7.15. The second kappa shape index (κ2) is 9.78. The molecule has 1 aromatic heterocycles. The molecule has 0 saturated carbocycles. The van der Waals surface area contributed by atoms with Crippen molar-refractivity contribution in [2.24, 2.45) is 5.92 Å². The minimum Gasteiger partial charge on any atom is -0.493 e. The lowest BCUT2D eigenvalue weighted by atomic mass is 10.1. The second-order valence-corrected chi connectivity index (χ2v) is 8.97. The van der Waals surface area contributed by atoms with Gasteiger partial charge in [-0.25, -0.2) is 4.98 Å². The van der Waals surface area contributed by atoms with E-state index in [2.05, 4.69) is 36.0 Å². The van der Waals surface area contributed by atoms with Crippen molar-refractivity contribution in [1.29, 1.82) is 0 Å². The highest BCUT2D eigenvalue weighted by atomic mass is 35.5. The first-order valence-corrected chi connectivity index (χ1v) is 11.1. The molecule has 29 heavy (non-hydrogen) atoms. The van der Waals surface area contributed by atoms with Gasteiger partial charge < -0.3 is 9.47 Å².